The smallest absolute Gasteiger partial charge is 0.255 e. The molecule has 0 saturated carbocycles. The van der Waals surface area contributed by atoms with Gasteiger partial charge in [-0.2, -0.15) is 0 Å². The summed E-state index contributed by atoms with van der Waals surface area (Å²) in [4.78, 5) is 40.4. The fraction of sp³-hybridized carbons (Fsp3) is 0.450. The van der Waals surface area contributed by atoms with Crippen molar-refractivity contribution < 1.29 is 19.1 Å². The van der Waals surface area contributed by atoms with Gasteiger partial charge in [0.2, 0.25) is 11.8 Å². The Morgan fingerprint density at radius 3 is 2.80 bits per heavy atom. The molecular formula is C20H22N6O4. The van der Waals surface area contributed by atoms with Crippen LogP contribution in [0.25, 0.3) is 5.69 Å². The number of rotatable bonds is 4. The summed E-state index contributed by atoms with van der Waals surface area (Å²) < 4.78 is 7.03. The molecule has 2 saturated heterocycles. The minimum Gasteiger partial charge on any atom is -0.379 e. The first-order valence-corrected chi connectivity index (χ1v) is 10.1. The van der Waals surface area contributed by atoms with E-state index in [1.54, 1.807) is 15.6 Å². The van der Waals surface area contributed by atoms with Crippen molar-refractivity contribution in [2.75, 3.05) is 26.3 Å². The summed E-state index contributed by atoms with van der Waals surface area (Å²) in [6.45, 7) is 4.26. The Kier molecular flexibility index (Phi) is 4.80. The number of hydrogen-bond acceptors (Lipinski definition) is 7. The Morgan fingerprint density at radius 2 is 2.00 bits per heavy atom. The Bertz CT molecular complexity index is 1010. The zero-order valence-electron chi connectivity index (χ0n) is 16.4. The molecule has 0 bridgehead atoms. The molecule has 10 nitrogen and oxygen atoms in total. The predicted molar refractivity (Wildman–Crippen MR) is 104 cm³/mol. The molecule has 1 aromatic heterocycles. The van der Waals surface area contributed by atoms with Crippen LogP contribution in [0, 0.1) is 0 Å². The maximum absolute atomic E-state index is 13.0. The summed E-state index contributed by atoms with van der Waals surface area (Å²) in [5.74, 6) is -0.895. The van der Waals surface area contributed by atoms with E-state index in [1.807, 2.05) is 18.3 Å². The van der Waals surface area contributed by atoms with E-state index in [-0.39, 0.29) is 18.2 Å². The van der Waals surface area contributed by atoms with Crippen LogP contribution < -0.4 is 5.32 Å². The van der Waals surface area contributed by atoms with Crippen LogP contribution in [0.4, 0.5) is 0 Å². The molecule has 1 aromatic carbocycles. The molecule has 3 amide bonds. The fourth-order valence-corrected chi connectivity index (χ4v) is 4.17. The lowest BCUT2D eigenvalue weighted by Gasteiger charge is -2.29. The van der Waals surface area contributed by atoms with Gasteiger partial charge in [-0.25, -0.2) is 4.68 Å². The lowest BCUT2D eigenvalue weighted by Crippen LogP contribution is -2.52. The number of nitrogens with zero attached hydrogens (tertiary/aromatic N) is 5. The van der Waals surface area contributed by atoms with Crippen LogP contribution in [0.5, 0.6) is 0 Å². The zero-order chi connectivity index (χ0) is 20.7. The third kappa shape index (κ3) is 3.48. The van der Waals surface area contributed by atoms with Crippen molar-refractivity contribution in [3.63, 3.8) is 0 Å². The second-order valence-electron chi connectivity index (χ2n) is 7.78. The number of ether oxygens (including phenoxy) is 1. The molecule has 5 rings (SSSR count). The standard InChI is InChI=1S/C20H22N6O4/c27-18-4-3-17(19(28)21-18)25-10-13-1-2-15(9-16(13)20(25)29)26-12-14(22-23-26)11-24-5-7-30-8-6-24/h1-2,9,12,17H,3-8,10-11H2,(H,21,27,28). The lowest BCUT2D eigenvalue weighted by molar-refractivity contribution is -0.136. The SMILES string of the molecule is O=C1CCC(N2Cc3ccc(-n4cc(CN5CCOCC5)nn4)cc3C2=O)C(=O)N1. The molecule has 0 spiro atoms. The Balaban J connectivity index is 1.32. The minimum absolute atomic E-state index is 0.199. The summed E-state index contributed by atoms with van der Waals surface area (Å²) >= 11 is 0. The first kappa shape index (κ1) is 18.9. The van der Waals surface area contributed by atoms with Crippen LogP contribution in [0.15, 0.2) is 24.4 Å². The number of carbonyl (C=O) groups excluding carboxylic acids is 3. The van der Waals surface area contributed by atoms with Gasteiger partial charge in [-0.1, -0.05) is 11.3 Å². The molecule has 3 aliphatic rings. The Morgan fingerprint density at radius 1 is 1.17 bits per heavy atom. The van der Waals surface area contributed by atoms with Crippen LogP contribution in [-0.4, -0.2) is 74.9 Å². The highest BCUT2D eigenvalue weighted by molar-refractivity contribution is 6.05. The first-order valence-electron chi connectivity index (χ1n) is 10.1. The molecule has 4 heterocycles. The summed E-state index contributed by atoms with van der Waals surface area (Å²) in [5.41, 5.74) is 3.02. The van der Waals surface area contributed by atoms with Crippen molar-refractivity contribution in [3.8, 4) is 5.69 Å². The number of imide groups is 1. The number of nitrogens with one attached hydrogen (secondary N) is 1. The summed E-state index contributed by atoms with van der Waals surface area (Å²) in [6, 6.07) is 4.96. The summed E-state index contributed by atoms with van der Waals surface area (Å²) in [5, 5.41) is 10.8. The van der Waals surface area contributed by atoms with Gasteiger partial charge in [0.05, 0.1) is 30.8 Å². The minimum atomic E-state index is -0.613. The molecule has 3 aliphatic heterocycles. The lowest BCUT2D eigenvalue weighted by atomic mass is 10.0. The number of aromatic nitrogens is 3. The normalized spacial score (nSPS) is 22.3. The molecule has 1 N–H and O–H groups in total. The van der Waals surface area contributed by atoms with Crippen LogP contribution >= 0.6 is 0 Å². The topological polar surface area (TPSA) is 110 Å². The van der Waals surface area contributed by atoms with E-state index in [2.05, 4.69) is 20.5 Å². The highest BCUT2D eigenvalue weighted by Crippen LogP contribution is 2.29. The van der Waals surface area contributed by atoms with E-state index in [4.69, 9.17) is 4.74 Å². The average Bonchev–Trinajstić information content (AvgIpc) is 3.33. The van der Waals surface area contributed by atoms with Gasteiger partial charge in [0.1, 0.15) is 6.04 Å². The van der Waals surface area contributed by atoms with Gasteiger partial charge in [0.15, 0.2) is 0 Å². The zero-order valence-corrected chi connectivity index (χ0v) is 16.4. The van der Waals surface area contributed by atoms with Crippen molar-refractivity contribution >= 4 is 17.7 Å². The van der Waals surface area contributed by atoms with E-state index in [1.165, 1.54) is 0 Å². The van der Waals surface area contributed by atoms with E-state index >= 15 is 0 Å². The van der Waals surface area contributed by atoms with Gasteiger partial charge in [-0.05, 0) is 24.1 Å². The van der Waals surface area contributed by atoms with Gasteiger partial charge in [-0.3, -0.25) is 24.6 Å². The van der Waals surface area contributed by atoms with Crippen LogP contribution in [0.1, 0.15) is 34.5 Å². The number of morpholine rings is 1. The third-order valence-electron chi connectivity index (χ3n) is 5.81. The van der Waals surface area contributed by atoms with Crippen molar-refractivity contribution in [2.24, 2.45) is 0 Å². The predicted octanol–water partition coefficient (Wildman–Crippen LogP) is -0.139. The van der Waals surface area contributed by atoms with E-state index < -0.39 is 11.9 Å². The number of piperidine rings is 1. The van der Waals surface area contributed by atoms with Crippen molar-refractivity contribution in [2.45, 2.75) is 32.0 Å². The van der Waals surface area contributed by atoms with Gasteiger partial charge < -0.3 is 9.64 Å². The van der Waals surface area contributed by atoms with Crippen molar-refractivity contribution in [3.05, 3.63) is 41.2 Å². The molecule has 1 unspecified atom stereocenters. The number of hydrogen-bond donors (Lipinski definition) is 1. The highest BCUT2D eigenvalue weighted by atomic mass is 16.5. The molecule has 0 aliphatic carbocycles. The number of amides is 3. The van der Waals surface area contributed by atoms with Crippen molar-refractivity contribution in [1.29, 1.82) is 0 Å². The van der Waals surface area contributed by atoms with E-state index in [9.17, 15) is 14.4 Å². The molecule has 0 radical (unpaired) electrons. The Hall–Kier alpha value is -3.11. The van der Waals surface area contributed by atoms with Crippen molar-refractivity contribution in [1.82, 2.24) is 30.1 Å². The summed E-state index contributed by atoms with van der Waals surface area (Å²) in [7, 11) is 0. The molecule has 30 heavy (non-hydrogen) atoms. The third-order valence-corrected chi connectivity index (χ3v) is 5.81. The molecule has 1 atom stereocenters. The highest BCUT2D eigenvalue weighted by Gasteiger charge is 2.39. The van der Waals surface area contributed by atoms with E-state index in [0.29, 0.717) is 25.1 Å². The van der Waals surface area contributed by atoms with Crippen LogP contribution in [0.3, 0.4) is 0 Å². The van der Waals surface area contributed by atoms with E-state index in [0.717, 1.165) is 43.2 Å². The molecule has 156 valence electrons. The molecule has 2 aromatic rings. The maximum Gasteiger partial charge on any atom is 0.255 e. The molecular weight excluding hydrogens is 388 g/mol. The first-order chi connectivity index (χ1) is 14.6. The van der Waals surface area contributed by atoms with Gasteiger partial charge >= 0.3 is 0 Å². The monoisotopic (exact) mass is 410 g/mol. The van der Waals surface area contributed by atoms with Crippen LogP contribution in [-0.2, 0) is 27.4 Å². The Labute approximate surface area is 172 Å². The van der Waals surface area contributed by atoms with Gasteiger partial charge in [0, 0.05) is 38.2 Å². The molecule has 2 fully saturated rings. The van der Waals surface area contributed by atoms with Gasteiger partial charge in [-0.15, -0.1) is 5.10 Å². The summed E-state index contributed by atoms with van der Waals surface area (Å²) in [6.07, 6.45) is 2.46. The second kappa shape index (κ2) is 7.62. The largest absolute Gasteiger partial charge is 0.379 e. The second-order valence-corrected chi connectivity index (χ2v) is 7.78. The number of fused-ring (bicyclic) bond motifs is 1. The number of carbonyl (C=O) groups is 3. The average molecular weight is 410 g/mol. The fourth-order valence-electron chi connectivity index (χ4n) is 4.17. The number of benzene rings is 1. The van der Waals surface area contributed by atoms with Crippen LogP contribution in [0.2, 0.25) is 0 Å². The molecule has 10 heteroatoms. The maximum atomic E-state index is 13.0. The quantitative estimate of drug-likeness (QED) is 0.699. The van der Waals surface area contributed by atoms with Gasteiger partial charge in [0.25, 0.3) is 5.91 Å².